The van der Waals surface area contributed by atoms with Crippen molar-refractivity contribution in [2.75, 3.05) is 5.73 Å². The molecule has 2 rings (SSSR count). The number of nitrogen functional groups attached to an aromatic ring is 1. The van der Waals surface area contributed by atoms with E-state index in [0.717, 1.165) is 5.56 Å². The highest BCUT2D eigenvalue weighted by molar-refractivity contribution is 9.10. The SMILES string of the molecule is Cn1ncc(Br)c1C(=O)C(C)(C)c1ccc(N)cc1. The van der Waals surface area contributed by atoms with Gasteiger partial charge in [0, 0.05) is 12.7 Å². The van der Waals surface area contributed by atoms with Crippen molar-refractivity contribution in [3.8, 4) is 0 Å². The molecule has 5 heteroatoms. The van der Waals surface area contributed by atoms with Gasteiger partial charge in [-0.3, -0.25) is 9.48 Å². The number of Topliss-reactive ketones (excluding diaryl/α,β-unsaturated/α-hetero) is 1. The molecule has 0 aliphatic carbocycles. The van der Waals surface area contributed by atoms with E-state index in [1.54, 1.807) is 17.9 Å². The highest BCUT2D eigenvalue weighted by Crippen LogP contribution is 2.30. The van der Waals surface area contributed by atoms with Crippen LogP contribution < -0.4 is 5.73 Å². The Balaban J connectivity index is 2.45. The minimum absolute atomic E-state index is 0.0177. The second-order valence-electron chi connectivity index (χ2n) is 5.04. The summed E-state index contributed by atoms with van der Waals surface area (Å²) in [6.07, 6.45) is 1.63. The van der Waals surface area contributed by atoms with Crippen molar-refractivity contribution in [3.05, 3.63) is 46.2 Å². The summed E-state index contributed by atoms with van der Waals surface area (Å²) in [6.45, 7) is 3.81. The van der Waals surface area contributed by atoms with Gasteiger partial charge in [0.15, 0.2) is 5.78 Å². The molecule has 1 aromatic carbocycles. The average Bonchev–Trinajstić information content (AvgIpc) is 2.68. The summed E-state index contributed by atoms with van der Waals surface area (Å²) >= 11 is 3.37. The Kier molecular flexibility index (Phi) is 3.49. The number of ketones is 1. The smallest absolute Gasteiger partial charge is 0.191 e. The third-order valence-corrected chi connectivity index (χ3v) is 3.89. The number of hydrogen-bond acceptors (Lipinski definition) is 3. The van der Waals surface area contributed by atoms with Gasteiger partial charge < -0.3 is 5.73 Å². The van der Waals surface area contributed by atoms with Crippen LogP contribution in [-0.2, 0) is 12.5 Å². The fourth-order valence-electron chi connectivity index (χ4n) is 1.99. The van der Waals surface area contributed by atoms with Crippen LogP contribution in [0.1, 0.15) is 29.9 Å². The average molecular weight is 322 g/mol. The third kappa shape index (κ3) is 2.42. The quantitative estimate of drug-likeness (QED) is 0.698. The van der Waals surface area contributed by atoms with Crippen LogP contribution in [0, 0.1) is 0 Å². The lowest BCUT2D eigenvalue weighted by Gasteiger charge is -2.24. The summed E-state index contributed by atoms with van der Waals surface area (Å²) < 4.78 is 2.30. The lowest BCUT2D eigenvalue weighted by molar-refractivity contribution is 0.0898. The summed E-state index contributed by atoms with van der Waals surface area (Å²) in [5, 5.41) is 4.09. The van der Waals surface area contributed by atoms with Crippen LogP contribution in [0.4, 0.5) is 5.69 Å². The zero-order valence-electron chi connectivity index (χ0n) is 11.1. The van der Waals surface area contributed by atoms with E-state index in [1.807, 2.05) is 38.1 Å². The highest BCUT2D eigenvalue weighted by atomic mass is 79.9. The molecule has 0 fully saturated rings. The van der Waals surface area contributed by atoms with Gasteiger partial charge in [-0.15, -0.1) is 0 Å². The Labute approximate surface area is 120 Å². The van der Waals surface area contributed by atoms with Gasteiger partial charge in [0.1, 0.15) is 5.69 Å². The molecular formula is C14H16BrN3O. The number of rotatable bonds is 3. The summed E-state index contributed by atoms with van der Waals surface area (Å²) in [5.41, 5.74) is 7.24. The number of carbonyl (C=O) groups is 1. The normalized spacial score (nSPS) is 11.6. The van der Waals surface area contributed by atoms with Crippen molar-refractivity contribution >= 4 is 27.4 Å². The molecule has 0 radical (unpaired) electrons. The number of anilines is 1. The van der Waals surface area contributed by atoms with Crippen LogP contribution in [0.15, 0.2) is 34.9 Å². The molecule has 2 aromatic rings. The largest absolute Gasteiger partial charge is 0.399 e. The van der Waals surface area contributed by atoms with Crippen molar-refractivity contribution in [1.82, 2.24) is 9.78 Å². The molecule has 0 amide bonds. The highest BCUT2D eigenvalue weighted by Gasteiger charge is 2.33. The van der Waals surface area contributed by atoms with E-state index >= 15 is 0 Å². The van der Waals surface area contributed by atoms with Crippen LogP contribution in [-0.4, -0.2) is 15.6 Å². The molecule has 4 nitrogen and oxygen atoms in total. The Morgan fingerprint density at radius 2 is 1.89 bits per heavy atom. The zero-order valence-corrected chi connectivity index (χ0v) is 12.7. The Bertz CT molecular complexity index is 595. The standard InChI is InChI=1S/C14H16BrN3O/c1-14(2,9-4-6-10(16)7-5-9)13(19)12-11(15)8-17-18(12)3/h4-8H,16H2,1-3H3. The maximum atomic E-state index is 12.7. The number of hydrogen-bond donors (Lipinski definition) is 1. The zero-order chi connectivity index (χ0) is 14.2. The summed E-state index contributed by atoms with van der Waals surface area (Å²) in [6, 6.07) is 7.39. The Morgan fingerprint density at radius 1 is 1.32 bits per heavy atom. The molecule has 19 heavy (non-hydrogen) atoms. The van der Waals surface area contributed by atoms with Crippen molar-refractivity contribution in [3.63, 3.8) is 0 Å². The predicted molar refractivity (Wildman–Crippen MR) is 79.1 cm³/mol. The molecule has 0 bridgehead atoms. The number of aromatic nitrogens is 2. The summed E-state index contributed by atoms with van der Waals surface area (Å²) in [4.78, 5) is 12.7. The molecule has 0 aliphatic rings. The minimum Gasteiger partial charge on any atom is -0.399 e. The molecule has 0 unspecified atom stereocenters. The number of halogens is 1. The summed E-state index contributed by atoms with van der Waals surface area (Å²) in [7, 11) is 1.76. The van der Waals surface area contributed by atoms with Crippen LogP contribution in [0.5, 0.6) is 0 Å². The molecule has 100 valence electrons. The van der Waals surface area contributed by atoms with Crippen molar-refractivity contribution in [2.24, 2.45) is 7.05 Å². The Hall–Kier alpha value is -1.62. The number of nitrogens with zero attached hydrogens (tertiary/aromatic N) is 2. The van der Waals surface area contributed by atoms with Crippen molar-refractivity contribution < 1.29 is 4.79 Å². The van der Waals surface area contributed by atoms with E-state index < -0.39 is 5.41 Å². The molecule has 0 saturated heterocycles. The second-order valence-corrected chi connectivity index (χ2v) is 5.90. The predicted octanol–water partition coefficient (Wildman–Crippen LogP) is 2.93. The monoisotopic (exact) mass is 321 g/mol. The van der Waals surface area contributed by atoms with Crippen molar-refractivity contribution in [2.45, 2.75) is 19.3 Å². The van der Waals surface area contributed by atoms with Crippen LogP contribution >= 0.6 is 15.9 Å². The third-order valence-electron chi connectivity index (χ3n) is 3.31. The fraction of sp³-hybridized carbons (Fsp3) is 0.286. The van der Waals surface area contributed by atoms with Gasteiger partial charge in [-0.25, -0.2) is 0 Å². The first-order chi connectivity index (χ1) is 8.84. The summed E-state index contributed by atoms with van der Waals surface area (Å²) in [5.74, 6) is 0.0177. The topological polar surface area (TPSA) is 60.9 Å². The maximum Gasteiger partial charge on any atom is 0.191 e. The Morgan fingerprint density at radius 3 is 2.37 bits per heavy atom. The fourth-order valence-corrected chi connectivity index (χ4v) is 2.52. The van der Waals surface area contributed by atoms with Gasteiger partial charge in [0.2, 0.25) is 0 Å². The van der Waals surface area contributed by atoms with E-state index in [9.17, 15) is 4.79 Å². The molecular weight excluding hydrogens is 306 g/mol. The van der Waals surface area contributed by atoms with Gasteiger partial charge in [-0.2, -0.15) is 5.10 Å². The lowest BCUT2D eigenvalue weighted by Crippen LogP contribution is -2.31. The van der Waals surface area contributed by atoms with Gasteiger partial charge >= 0.3 is 0 Å². The molecule has 0 saturated carbocycles. The molecule has 0 atom stereocenters. The molecule has 0 aliphatic heterocycles. The maximum absolute atomic E-state index is 12.7. The molecule has 1 aromatic heterocycles. The van der Waals surface area contributed by atoms with E-state index in [0.29, 0.717) is 15.9 Å². The number of benzene rings is 1. The molecule has 1 heterocycles. The van der Waals surface area contributed by atoms with Crippen molar-refractivity contribution in [1.29, 1.82) is 0 Å². The lowest BCUT2D eigenvalue weighted by atomic mass is 9.79. The first-order valence-corrected chi connectivity index (χ1v) is 6.71. The van der Waals surface area contributed by atoms with Crippen LogP contribution in [0.3, 0.4) is 0 Å². The van der Waals surface area contributed by atoms with Gasteiger partial charge in [-0.05, 0) is 47.5 Å². The van der Waals surface area contributed by atoms with E-state index in [1.165, 1.54) is 0 Å². The first kappa shape index (κ1) is 13.8. The number of carbonyl (C=O) groups excluding carboxylic acids is 1. The second kappa shape index (κ2) is 4.81. The number of nitrogens with two attached hydrogens (primary N) is 1. The van der Waals surface area contributed by atoms with Gasteiger partial charge in [-0.1, -0.05) is 12.1 Å². The van der Waals surface area contributed by atoms with E-state index in [-0.39, 0.29) is 5.78 Å². The molecule has 2 N–H and O–H groups in total. The van der Waals surface area contributed by atoms with Crippen LogP contribution in [0.25, 0.3) is 0 Å². The molecule has 0 spiro atoms. The van der Waals surface area contributed by atoms with Gasteiger partial charge in [0.25, 0.3) is 0 Å². The first-order valence-electron chi connectivity index (χ1n) is 5.92. The van der Waals surface area contributed by atoms with E-state index in [2.05, 4.69) is 21.0 Å². The van der Waals surface area contributed by atoms with E-state index in [4.69, 9.17) is 5.73 Å². The number of aryl methyl sites for hydroxylation is 1. The van der Waals surface area contributed by atoms with Crippen LogP contribution in [0.2, 0.25) is 0 Å². The minimum atomic E-state index is -0.635. The van der Waals surface area contributed by atoms with Gasteiger partial charge in [0.05, 0.1) is 16.1 Å².